The fourth-order valence-corrected chi connectivity index (χ4v) is 1.57. The Kier molecular flexibility index (Phi) is 4.37. The van der Waals surface area contributed by atoms with Gasteiger partial charge in [0, 0.05) is 11.6 Å². The average Bonchev–Trinajstić information content (AvgIpc) is 2.36. The van der Waals surface area contributed by atoms with Crippen LogP contribution >= 0.6 is 0 Å². The molecule has 0 fully saturated rings. The van der Waals surface area contributed by atoms with Gasteiger partial charge in [-0.05, 0) is 25.5 Å². The third kappa shape index (κ3) is 2.90. The summed E-state index contributed by atoms with van der Waals surface area (Å²) in [5.74, 6) is 1.15. The first kappa shape index (κ1) is 13.8. The Morgan fingerprint density at radius 2 is 1.94 bits per heavy atom. The number of aliphatic hydroxyl groups is 2. The van der Waals surface area contributed by atoms with E-state index in [-0.39, 0.29) is 0 Å². The molecule has 17 heavy (non-hydrogen) atoms. The molecule has 0 aliphatic rings. The molecule has 0 radical (unpaired) electrons. The van der Waals surface area contributed by atoms with Crippen LogP contribution in [0.1, 0.15) is 31.9 Å². The van der Waals surface area contributed by atoms with Crippen molar-refractivity contribution >= 4 is 0 Å². The second-order valence-corrected chi connectivity index (χ2v) is 4.22. The van der Waals surface area contributed by atoms with E-state index in [9.17, 15) is 10.2 Å². The molecule has 0 amide bonds. The predicted molar refractivity (Wildman–Crippen MR) is 65.4 cm³/mol. The van der Waals surface area contributed by atoms with E-state index in [1.54, 1.807) is 32.2 Å². The second kappa shape index (κ2) is 5.38. The van der Waals surface area contributed by atoms with Crippen LogP contribution in [0.25, 0.3) is 0 Å². The second-order valence-electron chi connectivity index (χ2n) is 4.22. The van der Waals surface area contributed by atoms with E-state index in [4.69, 9.17) is 9.47 Å². The van der Waals surface area contributed by atoms with Crippen molar-refractivity contribution in [2.75, 3.05) is 14.2 Å². The van der Waals surface area contributed by atoms with Gasteiger partial charge in [0.05, 0.1) is 19.8 Å². The van der Waals surface area contributed by atoms with Gasteiger partial charge in [0.2, 0.25) is 0 Å². The molecule has 4 nitrogen and oxygen atoms in total. The molecule has 2 N–H and O–H groups in total. The van der Waals surface area contributed by atoms with Gasteiger partial charge in [-0.25, -0.2) is 0 Å². The highest BCUT2D eigenvalue weighted by atomic mass is 16.5. The Morgan fingerprint density at radius 3 is 2.41 bits per heavy atom. The van der Waals surface area contributed by atoms with Crippen molar-refractivity contribution in [1.29, 1.82) is 0 Å². The van der Waals surface area contributed by atoms with Crippen LogP contribution in [0.5, 0.6) is 11.5 Å². The number of methoxy groups -OCH3 is 2. The molecule has 2 unspecified atom stereocenters. The summed E-state index contributed by atoms with van der Waals surface area (Å²) >= 11 is 0. The maximum atomic E-state index is 10.2. The lowest BCUT2D eigenvalue weighted by Gasteiger charge is -2.29. The molecule has 0 aliphatic heterocycles. The van der Waals surface area contributed by atoms with Gasteiger partial charge < -0.3 is 19.7 Å². The van der Waals surface area contributed by atoms with E-state index in [1.807, 2.05) is 6.92 Å². The van der Waals surface area contributed by atoms with Crippen molar-refractivity contribution in [3.63, 3.8) is 0 Å². The Balaban J connectivity index is 3.13. The van der Waals surface area contributed by atoms with Crippen LogP contribution in [-0.4, -0.2) is 30.0 Å². The Bertz CT molecular complexity index is 374. The van der Waals surface area contributed by atoms with Crippen LogP contribution in [0.4, 0.5) is 0 Å². The number of hydrogen-bond acceptors (Lipinski definition) is 4. The van der Waals surface area contributed by atoms with E-state index < -0.39 is 11.7 Å². The number of hydrogen-bond donors (Lipinski definition) is 2. The van der Waals surface area contributed by atoms with Crippen LogP contribution in [0.3, 0.4) is 0 Å². The Labute approximate surface area is 102 Å². The fourth-order valence-electron chi connectivity index (χ4n) is 1.57. The fraction of sp³-hybridized carbons (Fsp3) is 0.538. The van der Waals surface area contributed by atoms with E-state index >= 15 is 0 Å². The minimum Gasteiger partial charge on any atom is -0.497 e. The Morgan fingerprint density at radius 1 is 1.29 bits per heavy atom. The topological polar surface area (TPSA) is 58.9 Å². The van der Waals surface area contributed by atoms with Crippen LogP contribution in [0, 0.1) is 0 Å². The normalized spacial score (nSPS) is 16.1. The standard InChI is InChI=1S/C13H20O4/c1-5-13(2,15)12(14)10-7-6-9(16-3)8-11(10)17-4/h6-8,12,14-15H,5H2,1-4H3. The van der Waals surface area contributed by atoms with Gasteiger partial charge in [0.1, 0.15) is 17.6 Å². The third-order valence-corrected chi connectivity index (χ3v) is 3.04. The molecule has 0 spiro atoms. The lowest BCUT2D eigenvalue weighted by Crippen LogP contribution is -2.32. The van der Waals surface area contributed by atoms with E-state index in [0.717, 1.165) is 0 Å². The molecule has 0 bridgehead atoms. The minimum atomic E-state index is -1.18. The summed E-state index contributed by atoms with van der Waals surface area (Å²) in [4.78, 5) is 0. The van der Waals surface area contributed by atoms with Gasteiger partial charge in [-0.3, -0.25) is 0 Å². The van der Waals surface area contributed by atoms with Crippen molar-refractivity contribution in [2.45, 2.75) is 32.0 Å². The van der Waals surface area contributed by atoms with Crippen molar-refractivity contribution < 1.29 is 19.7 Å². The molecular weight excluding hydrogens is 220 g/mol. The van der Waals surface area contributed by atoms with E-state index in [0.29, 0.717) is 23.5 Å². The lowest BCUT2D eigenvalue weighted by atomic mass is 9.90. The van der Waals surface area contributed by atoms with Gasteiger partial charge in [0.25, 0.3) is 0 Å². The highest BCUT2D eigenvalue weighted by molar-refractivity contribution is 5.42. The van der Waals surface area contributed by atoms with Crippen LogP contribution < -0.4 is 9.47 Å². The van der Waals surface area contributed by atoms with Crippen molar-refractivity contribution in [1.82, 2.24) is 0 Å². The molecule has 0 aliphatic carbocycles. The minimum absolute atomic E-state index is 0.448. The van der Waals surface area contributed by atoms with Gasteiger partial charge in [-0.2, -0.15) is 0 Å². The molecule has 0 saturated carbocycles. The number of ether oxygens (including phenoxy) is 2. The first-order valence-corrected chi connectivity index (χ1v) is 5.58. The first-order chi connectivity index (χ1) is 7.96. The first-order valence-electron chi connectivity index (χ1n) is 5.58. The molecule has 1 rings (SSSR count). The summed E-state index contributed by atoms with van der Waals surface area (Å²) < 4.78 is 10.3. The third-order valence-electron chi connectivity index (χ3n) is 3.04. The highest BCUT2D eigenvalue weighted by Gasteiger charge is 2.31. The SMILES string of the molecule is CCC(C)(O)C(O)c1ccc(OC)cc1OC. The van der Waals surface area contributed by atoms with Crippen molar-refractivity contribution in [2.24, 2.45) is 0 Å². The molecule has 0 saturated heterocycles. The van der Waals surface area contributed by atoms with Gasteiger partial charge >= 0.3 is 0 Å². The maximum absolute atomic E-state index is 10.2. The number of aliphatic hydroxyl groups excluding tert-OH is 1. The van der Waals surface area contributed by atoms with Crippen LogP contribution in [0.2, 0.25) is 0 Å². The number of benzene rings is 1. The van der Waals surface area contributed by atoms with Gasteiger partial charge in [-0.15, -0.1) is 0 Å². The quantitative estimate of drug-likeness (QED) is 0.825. The molecule has 2 atom stereocenters. The number of rotatable bonds is 5. The molecule has 1 aromatic rings. The molecule has 1 aromatic carbocycles. The molecule has 4 heteroatoms. The van der Waals surface area contributed by atoms with E-state index in [2.05, 4.69) is 0 Å². The molecular formula is C13H20O4. The predicted octanol–water partition coefficient (Wildman–Crippen LogP) is 1.90. The monoisotopic (exact) mass is 240 g/mol. The summed E-state index contributed by atoms with van der Waals surface area (Å²) in [7, 11) is 3.08. The smallest absolute Gasteiger partial charge is 0.128 e. The summed E-state index contributed by atoms with van der Waals surface area (Å²) in [6, 6.07) is 5.11. The molecule has 0 heterocycles. The zero-order chi connectivity index (χ0) is 13.1. The zero-order valence-electron chi connectivity index (χ0n) is 10.7. The summed E-state index contributed by atoms with van der Waals surface area (Å²) in [6.07, 6.45) is -0.544. The van der Waals surface area contributed by atoms with Gasteiger partial charge in [-0.1, -0.05) is 6.92 Å². The molecule has 96 valence electrons. The zero-order valence-corrected chi connectivity index (χ0v) is 10.7. The van der Waals surface area contributed by atoms with Crippen molar-refractivity contribution in [3.8, 4) is 11.5 Å². The summed E-state index contributed by atoms with van der Waals surface area (Å²) in [5.41, 5.74) is -0.623. The highest BCUT2D eigenvalue weighted by Crippen LogP contribution is 2.36. The summed E-state index contributed by atoms with van der Waals surface area (Å²) in [6.45, 7) is 3.42. The largest absolute Gasteiger partial charge is 0.497 e. The van der Waals surface area contributed by atoms with Crippen LogP contribution in [0.15, 0.2) is 18.2 Å². The van der Waals surface area contributed by atoms with E-state index in [1.165, 1.54) is 7.11 Å². The lowest BCUT2D eigenvalue weighted by molar-refractivity contribution is -0.0667. The van der Waals surface area contributed by atoms with Gasteiger partial charge in [0.15, 0.2) is 0 Å². The maximum Gasteiger partial charge on any atom is 0.128 e. The summed E-state index contributed by atoms with van der Waals surface area (Å²) in [5, 5.41) is 20.2. The molecule has 0 aromatic heterocycles. The average molecular weight is 240 g/mol. The van der Waals surface area contributed by atoms with Crippen molar-refractivity contribution in [3.05, 3.63) is 23.8 Å². The van der Waals surface area contributed by atoms with Crippen LogP contribution in [-0.2, 0) is 0 Å². The Hall–Kier alpha value is -1.26.